The van der Waals surface area contributed by atoms with Gasteiger partial charge in [-0.25, -0.2) is 5.43 Å². The van der Waals surface area contributed by atoms with E-state index >= 15 is 0 Å². The number of amides is 2. The lowest BCUT2D eigenvalue weighted by molar-refractivity contribution is -0.169. The molecule has 0 aromatic carbocycles. The number of carbonyl (C=O) groups excluding carboxylic acids is 2. The van der Waals surface area contributed by atoms with E-state index in [0.29, 0.717) is 0 Å². The van der Waals surface area contributed by atoms with Crippen molar-refractivity contribution in [2.75, 3.05) is 20.1 Å². The topological polar surface area (TPSA) is 52.6 Å². The van der Waals surface area contributed by atoms with E-state index in [9.17, 15) is 9.59 Å². The molecule has 2 rings (SSSR count). The number of rotatable bonds is 3. The molecule has 0 bridgehead atoms. The predicted octanol–water partition coefficient (Wildman–Crippen LogP) is 0.862. The Balaban J connectivity index is 1.93. The van der Waals surface area contributed by atoms with Crippen LogP contribution in [0.15, 0.2) is 0 Å². The van der Waals surface area contributed by atoms with Crippen LogP contribution in [0.4, 0.5) is 0 Å². The maximum atomic E-state index is 12.1. The second kappa shape index (κ2) is 4.20. The number of nitrogens with zero attached hydrogens (tertiary/aromatic N) is 2. The van der Waals surface area contributed by atoms with Crippen LogP contribution in [0.5, 0.6) is 0 Å². The zero-order valence-corrected chi connectivity index (χ0v) is 12.8. The van der Waals surface area contributed by atoms with Gasteiger partial charge < -0.3 is 4.90 Å². The van der Waals surface area contributed by atoms with Gasteiger partial charge in [0, 0.05) is 25.7 Å². The van der Waals surface area contributed by atoms with Gasteiger partial charge in [-0.15, -0.1) is 0 Å². The van der Waals surface area contributed by atoms with E-state index in [1.807, 2.05) is 13.8 Å². The highest BCUT2D eigenvalue weighted by Crippen LogP contribution is 2.35. The molecule has 0 aliphatic carbocycles. The third kappa shape index (κ3) is 2.36. The quantitative estimate of drug-likeness (QED) is 0.772. The Morgan fingerprint density at radius 3 is 1.95 bits per heavy atom. The zero-order valence-electron chi connectivity index (χ0n) is 12.8. The summed E-state index contributed by atoms with van der Waals surface area (Å²) in [7, 11) is 1.80. The monoisotopic (exact) mass is 267 g/mol. The lowest BCUT2D eigenvalue weighted by Gasteiger charge is -2.52. The minimum Gasteiger partial charge on any atom is -0.345 e. The summed E-state index contributed by atoms with van der Waals surface area (Å²) in [5.41, 5.74) is 2.87. The van der Waals surface area contributed by atoms with E-state index in [4.69, 9.17) is 0 Å². The number of likely N-dealkylation sites (tertiary alicyclic amines) is 1. The van der Waals surface area contributed by atoms with Crippen molar-refractivity contribution in [2.45, 2.75) is 40.2 Å². The summed E-state index contributed by atoms with van der Waals surface area (Å²) in [6.07, 6.45) is 0. The van der Waals surface area contributed by atoms with E-state index in [-0.39, 0.29) is 34.6 Å². The van der Waals surface area contributed by atoms with Gasteiger partial charge in [0.05, 0.1) is 11.8 Å². The van der Waals surface area contributed by atoms with E-state index in [1.54, 1.807) is 17.0 Å². The molecule has 0 radical (unpaired) electrons. The molecular formula is C14H25N3O2. The molecule has 108 valence electrons. The minimum atomic E-state index is -0.373. The summed E-state index contributed by atoms with van der Waals surface area (Å²) >= 11 is 0. The first kappa shape index (κ1) is 14.3. The molecular weight excluding hydrogens is 242 g/mol. The van der Waals surface area contributed by atoms with Gasteiger partial charge in [-0.05, 0) is 19.3 Å². The van der Waals surface area contributed by atoms with Crippen molar-refractivity contribution in [3.8, 4) is 0 Å². The Labute approximate surface area is 115 Å². The van der Waals surface area contributed by atoms with Gasteiger partial charge in [-0.3, -0.25) is 14.6 Å². The first-order valence-corrected chi connectivity index (χ1v) is 6.88. The van der Waals surface area contributed by atoms with Crippen molar-refractivity contribution in [3.05, 3.63) is 0 Å². The van der Waals surface area contributed by atoms with Crippen LogP contribution in [-0.4, -0.2) is 47.4 Å². The Kier molecular flexibility index (Phi) is 3.16. The second-order valence-corrected chi connectivity index (χ2v) is 7.47. The van der Waals surface area contributed by atoms with Gasteiger partial charge in [-0.1, -0.05) is 20.8 Å². The van der Waals surface area contributed by atoms with Crippen molar-refractivity contribution < 1.29 is 9.59 Å². The van der Waals surface area contributed by atoms with Gasteiger partial charge >= 0.3 is 0 Å². The minimum absolute atomic E-state index is 0.00587. The molecule has 2 aliphatic heterocycles. The Morgan fingerprint density at radius 2 is 1.58 bits per heavy atom. The summed E-state index contributed by atoms with van der Waals surface area (Å²) in [5, 5.41) is 1.67. The molecule has 2 heterocycles. The van der Waals surface area contributed by atoms with Crippen molar-refractivity contribution in [1.29, 1.82) is 0 Å². The fourth-order valence-corrected chi connectivity index (χ4v) is 2.73. The van der Waals surface area contributed by atoms with Crippen LogP contribution in [0, 0.1) is 17.3 Å². The van der Waals surface area contributed by atoms with Crippen LogP contribution in [0.1, 0.15) is 34.6 Å². The van der Waals surface area contributed by atoms with Crippen molar-refractivity contribution >= 4 is 11.8 Å². The molecule has 2 fully saturated rings. The molecule has 2 aliphatic rings. The average molecular weight is 267 g/mol. The highest BCUT2D eigenvalue weighted by atomic mass is 16.2. The number of β-lactam (4-membered cyclic amide) rings is 2. The standard InChI is InChI=1S/C14H25N3O2/c1-13(2,3)9-8-17(12(9)19)15-14(4,5)10-7-16(6)11(10)18/h9-10,15H,7-8H2,1-6H3. The van der Waals surface area contributed by atoms with Crippen LogP contribution in [0.25, 0.3) is 0 Å². The molecule has 0 saturated carbocycles. The van der Waals surface area contributed by atoms with E-state index in [1.165, 1.54) is 0 Å². The summed E-state index contributed by atoms with van der Waals surface area (Å²) in [4.78, 5) is 25.6. The number of carbonyl (C=O) groups is 2. The summed E-state index contributed by atoms with van der Waals surface area (Å²) in [6.45, 7) is 11.7. The van der Waals surface area contributed by atoms with Crippen LogP contribution >= 0.6 is 0 Å². The van der Waals surface area contributed by atoms with Crippen LogP contribution in [-0.2, 0) is 9.59 Å². The average Bonchev–Trinajstić information content (AvgIpc) is 2.28. The van der Waals surface area contributed by atoms with Crippen molar-refractivity contribution in [3.63, 3.8) is 0 Å². The molecule has 1 N–H and O–H groups in total. The zero-order chi connectivity index (χ0) is 14.6. The molecule has 2 saturated heterocycles. The number of nitrogens with one attached hydrogen (secondary N) is 1. The van der Waals surface area contributed by atoms with Crippen molar-refractivity contribution in [1.82, 2.24) is 15.3 Å². The first-order valence-electron chi connectivity index (χ1n) is 6.88. The second-order valence-electron chi connectivity index (χ2n) is 7.47. The van der Waals surface area contributed by atoms with E-state index in [2.05, 4.69) is 26.2 Å². The highest BCUT2D eigenvalue weighted by molar-refractivity contribution is 5.86. The molecule has 2 atom stereocenters. The Bertz CT molecular complexity index is 411. The summed E-state index contributed by atoms with van der Waals surface area (Å²) in [5.74, 6) is 0.327. The number of hydrogen-bond acceptors (Lipinski definition) is 3. The Hall–Kier alpha value is -1.10. The van der Waals surface area contributed by atoms with Gasteiger partial charge in [0.25, 0.3) is 0 Å². The third-order valence-corrected chi connectivity index (χ3v) is 4.40. The fraction of sp³-hybridized carbons (Fsp3) is 0.857. The number of hydrazine groups is 1. The maximum Gasteiger partial charge on any atom is 0.242 e. The molecule has 2 unspecified atom stereocenters. The normalized spacial score (nSPS) is 28.3. The third-order valence-electron chi connectivity index (χ3n) is 4.40. The predicted molar refractivity (Wildman–Crippen MR) is 73.0 cm³/mol. The molecule has 0 aromatic rings. The van der Waals surface area contributed by atoms with Crippen LogP contribution < -0.4 is 5.43 Å². The maximum absolute atomic E-state index is 12.1. The lowest BCUT2D eigenvalue weighted by atomic mass is 9.75. The van der Waals surface area contributed by atoms with Crippen LogP contribution in [0.3, 0.4) is 0 Å². The number of hydrogen-bond donors (Lipinski definition) is 1. The van der Waals surface area contributed by atoms with Gasteiger partial charge in [0.1, 0.15) is 0 Å². The highest BCUT2D eigenvalue weighted by Gasteiger charge is 2.50. The lowest BCUT2D eigenvalue weighted by Crippen LogP contribution is -2.71. The molecule has 0 aromatic heterocycles. The van der Waals surface area contributed by atoms with Crippen LogP contribution in [0.2, 0.25) is 0 Å². The van der Waals surface area contributed by atoms with Gasteiger partial charge in [0.2, 0.25) is 11.8 Å². The molecule has 5 heteroatoms. The van der Waals surface area contributed by atoms with Gasteiger partial charge in [0.15, 0.2) is 0 Å². The fourth-order valence-electron chi connectivity index (χ4n) is 2.73. The molecule has 19 heavy (non-hydrogen) atoms. The molecule has 5 nitrogen and oxygen atoms in total. The Morgan fingerprint density at radius 1 is 1.00 bits per heavy atom. The summed E-state index contributed by atoms with van der Waals surface area (Å²) < 4.78 is 0. The molecule has 0 spiro atoms. The summed E-state index contributed by atoms with van der Waals surface area (Å²) in [6, 6.07) is 0. The molecule has 2 amide bonds. The SMILES string of the molecule is CN1CC(C(C)(C)NN2CC(C(C)(C)C)C2=O)C1=O. The first-order chi connectivity index (χ1) is 8.54. The van der Waals surface area contributed by atoms with Gasteiger partial charge in [-0.2, -0.15) is 0 Å². The van der Waals surface area contributed by atoms with E-state index in [0.717, 1.165) is 13.1 Å². The smallest absolute Gasteiger partial charge is 0.242 e. The largest absolute Gasteiger partial charge is 0.345 e. The van der Waals surface area contributed by atoms with E-state index < -0.39 is 0 Å². The van der Waals surface area contributed by atoms with Crippen molar-refractivity contribution in [2.24, 2.45) is 17.3 Å².